The Labute approximate surface area is 215 Å². The van der Waals surface area contributed by atoms with E-state index in [-0.39, 0.29) is 23.9 Å². The van der Waals surface area contributed by atoms with Gasteiger partial charge in [-0.25, -0.2) is 17.5 Å². The summed E-state index contributed by atoms with van der Waals surface area (Å²) in [5.41, 5.74) is 1.80. The number of sulfonamides is 1. The minimum Gasteiger partial charge on any atom is -0.478 e. The minimum absolute atomic E-state index is 0.175. The number of rotatable bonds is 11. The Kier molecular flexibility index (Phi) is 12.6. The monoisotopic (exact) mass is 516 g/mol. The molecule has 0 saturated heterocycles. The van der Waals surface area contributed by atoms with Crippen LogP contribution in [-0.2, 0) is 14.8 Å². The molecule has 2 N–H and O–H groups in total. The number of nitrogens with one attached hydrogen (secondary N) is 1. The molecular formula is C28H40N2O5S. The zero-order valence-corrected chi connectivity index (χ0v) is 23.2. The summed E-state index contributed by atoms with van der Waals surface area (Å²) in [5, 5.41) is 13.0. The van der Waals surface area contributed by atoms with Gasteiger partial charge in [-0.05, 0) is 68.7 Å². The van der Waals surface area contributed by atoms with Crippen molar-refractivity contribution in [1.82, 2.24) is 4.31 Å². The second-order valence-corrected chi connectivity index (χ2v) is 10.8. The topological polar surface area (TPSA) is 104 Å². The molecule has 2 aromatic carbocycles. The van der Waals surface area contributed by atoms with Crippen molar-refractivity contribution in [3.8, 4) is 0 Å². The van der Waals surface area contributed by atoms with Crippen LogP contribution in [0.2, 0.25) is 0 Å². The molecule has 0 bridgehead atoms. The van der Waals surface area contributed by atoms with E-state index in [1.807, 2.05) is 40.7 Å². The predicted molar refractivity (Wildman–Crippen MR) is 149 cm³/mol. The molecule has 2 atom stereocenters. The Hall–Kier alpha value is -2.97. The molecule has 0 heterocycles. The highest BCUT2D eigenvalue weighted by Crippen LogP contribution is 2.22. The van der Waals surface area contributed by atoms with E-state index in [1.54, 1.807) is 56.5 Å². The lowest BCUT2D eigenvalue weighted by Crippen LogP contribution is -2.36. The minimum atomic E-state index is -3.52. The van der Waals surface area contributed by atoms with Crippen molar-refractivity contribution in [3.05, 3.63) is 65.8 Å². The van der Waals surface area contributed by atoms with Crippen molar-refractivity contribution in [2.24, 2.45) is 5.92 Å². The Bertz CT molecular complexity index is 1200. The SMILES string of the molecule is C/C=C(C)\C=C/C(C)S(=O)(=O)N(C)CCC(CC)C(=O)Nc1ccc2cc(C(=O)O)ccc2c1.CC. The number of carbonyl (C=O) groups is 2. The third kappa shape index (κ3) is 8.60. The normalized spacial score (nSPS) is 13.8. The molecule has 0 aliphatic rings. The van der Waals surface area contributed by atoms with Crippen LogP contribution in [-0.4, -0.2) is 48.5 Å². The van der Waals surface area contributed by atoms with Crippen LogP contribution in [0.25, 0.3) is 10.8 Å². The third-order valence-corrected chi connectivity index (χ3v) is 8.15. The number of hydrogen-bond acceptors (Lipinski definition) is 4. The highest BCUT2D eigenvalue weighted by molar-refractivity contribution is 7.89. The van der Waals surface area contributed by atoms with Gasteiger partial charge in [0.05, 0.1) is 10.8 Å². The number of amides is 1. The van der Waals surface area contributed by atoms with E-state index in [1.165, 1.54) is 10.4 Å². The van der Waals surface area contributed by atoms with Gasteiger partial charge in [-0.15, -0.1) is 0 Å². The lowest BCUT2D eigenvalue weighted by atomic mass is 10.0. The number of fused-ring (bicyclic) bond motifs is 1. The molecule has 0 aliphatic carbocycles. The summed E-state index contributed by atoms with van der Waals surface area (Å²) in [6.07, 6.45) is 6.35. The van der Waals surface area contributed by atoms with E-state index < -0.39 is 21.2 Å². The maximum atomic E-state index is 12.9. The Morgan fingerprint density at radius 2 is 1.72 bits per heavy atom. The van der Waals surface area contributed by atoms with E-state index in [2.05, 4.69) is 5.32 Å². The van der Waals surface area contributed by atoms with E-state index in [0.29, 0.717) is 18.5 Å². The Balaban J connectivity index is 0.00000316. The number of anilines is 1. The molecule has 0 fully saturated rings. The highest BCUT2D eigenvalue weighted by atomic mass is 32.2. The number of aromatic carboxylic acids is 1. The standard InChI is InChI=1S/C26H34N2O5S.C2H6/c1-6-18(3)8-9-19(4)34(32,33)28(5)15-14-20(7-2)25(29)27-24-13-12-21-16-23(26(30)31)11-10-22(21)17-24;1-2/h6,8-13,16-17,19-20H,7,14-15H2,1-5H3,(H,27,29)(H,30,31);1-2H3/b9-8-,18-6-;. The summed E-state index contributed by atoms with van der Waals surface area (Å²) in [5.74, 6) is -1.51. The van der Waals surface area contributed by atoms with Crippen molar-refractivity contribution in [3.63, 3.8) is 0 Å². The molecule has 2 unspecified atom stereocenters. The number of allylic oxidation sites excluding steroid dienone is 3. The number of carbonyl (C=O) groups excluding carboxylic acids is 1. The summed E-state index contributed by atoms with van der Waals surface area (Å²) < 4.78 is 26.9. The molecule has 8 heteroatoms. The number of carboxylic acid groups (broad SMARTS) is 1. The van der Waals surface area contributed by atoms with Crippen LogP contribution >= 0.6 is 0 Å². The maximum Gasteiger partial charge on any atom is 0.335 e. The molecule has 0 aliphatic heterocycles. The number of nitrogens with zero attached hydrogens (tertiary/aromatic N) is 1. The van der Waals surface area contributed by atoms with Gasteiger partial charge in [0.25, 0.3) is 0 Å². The summed E-state index contributed by atoms with van der Waals surface area (Å²) in [7, 11) is -1.98. The number of carboxylic acids is 1. The molecule has 2 aromatic rings. The van der Waals surface area contributed by atoms with E-state index in [9.17, 15) is 18.0 Å². The van der Waals surface area contributed by atoms with Crippen molar-refractivity contribution in [2.75, 3.05) is 18.9 Å². The van der Waals surface area contributed by atoms with Crippen LogP contribution in [0.3, 0.4) is 0 Å². The third-order valence-electron chi connectivity index (χ3n) is 6.00. The van der Waals surface area contributed by atoms with Gasteiger partial charge in [0, 0.05) is 25.2 Å². The first kappa shape index (κ1) is 31.1. The quantitative estimate of drug-likeness (QED) is 0.352. The zero-order valence-electron chi connectivity index (χ0n) is 22.4. The summed E-state index contributed by atoms with van der Waals surface area (Å²) in [6, 6.07) is 10.1. The van der Waals surface area contributed by atoms with Crippen LogP contribution < -0.4 is 5.32 Å². The molecule has 0 radical (unpaired) electrons. The van der Waals surface area contributed by atoms with Gasteiger partial charge in [0.1, 0.15) is 0 Å². The highest BCUT2D eigenvalue weighted by Gasteiger charge is 2.26. The maximum absolute atomic E-state index is 12.9. The van der Waals surface area contributed by atoms with Crippen molar-refractivity contribution >= 4 is 38.4 Å². The molecule has 198 valence electrons. The first-order chi connectivity index (χ1) is 17.0. The van der Waals surface area contributed by atoms with Crippen molar-refractivity contribution < 1.29 is 23.1 Å². The first-order valence-corrected chi connectivity index (χ1v) is 13.8. The number of benzene rings is 2. The van der Waals surface area contributed by atoms with Crippen molar-refractivity contribution in [1.29, 1.82) is 0 Å². The van der Waals surface area contributed by atoms with E-state index in [0.717, 1.165) is 16.3 Å². The summed E-state index contributed by atoms with van der Waals surface area (Å²) >= 11 is 0. The Morgan fingerprint density at radius 3 is 2.31 bits per heavy atom. The van der Waals surface area contributed by atoms with Gasteiger partial charge in [0.15, 0.2) is 0 Å². The molecule has 2 rings (SSSR count). The van der Waals surface area contributed by atoms with Crippen LogP contribution in [0.1, 0.15) is 64.7 Å². The Morgan fingerprint density at radius 1 is 1.11 bits per heavy atom. The van der Waals surface area contributed by atoms with E-state index >= 15 is 0 Å². The molecule has 36 heavy (non-hydrogen) atoms. The van der Waals surface area contributed by atoms with Gasteiger partial charge in [-0.2, -0.15) is 0 Å². The summed E-state index contributed by atoms with van der Waals surface area (Å²) in [6.45, 7) is 11.6. The lowest BCUT2D eigenvalue weighted by molar-refractivity contribution is -0.120. The fourth-order valence-corrected chi connectivity index (χ4v) is 4.66. The van der Waals surface area contributed by atoms with Gasteiger partial charge in [-0.1, -0.05) is 56.7 Å². The van der Waals surface area contributed by atoms with Crippen molar-refractivity contribution in [2.45, 2.75) is 59.6 Å². The predicted octanol–water partition coefficient (Wildman–Crippen LogP) is 6.09. The first-order valence-electron chi connectivity index (χ1n) is 12.3. The van der Waals surface area contributed by atoms with Crippen LogP contribution in [0.5, 0.6) is 0 Å². The second-order valence-electron chi connectivity index (χ2n) is 8.43. The van der Waals surface area contributed by atoms with E-state index in [4.69, 9.17) is 5.11 Å². The van der Waals surface area contributed by atoms with Gasteiger partial charge in [-0.3, -0.25) is 4.79 Å². The van der Waals surface area contributed by atoms with Crippen LogP contribution in [0, 0.1) is 5.92 Å². The fraction of sp³-hybridized carbons (Fsp3) is 0.429. The number of hydrogen-bond donors (Lipinski definition) is 2. The molecular weight excluding hydrogens is 476 g/mol. The molecule has 7 nitrogen and oxygen atoms in total. The molecule has 0 aromatic heterocycles. The van der Waals surface area contributed by atoms with Gasteiger partial charge in [0.2, 0.25) is 15.9 Å². The molecule has 0 saturated carbocycles. The summed E-state index contributed by atoms with van der Waals surface area (Å²) in [4.78, 5) is 24.0. The van der Waals surface area contributed by atoms with Gasteiger partial charge >= 0.3 is 5.97 Å². The zero-order chi connectivity index (χ0) is 27.5. The average Bonchev–Trinajstić information content (AvgIpc) is 2.87. The largest absolute Gasteiger partial charge is 0.478 e. The fourth-order valence-electron chi connectivity index (χ4n) is 3.45. The van der Waals surface area contributed by atoms with Crippen LogP contribution in [0.4, 0.5) is 5.69 Å². The van der Waals surface area contributed by atoms with Crippen LogP contribution in [0.15, 0.2) is 60.2 Å². The smallest absolute Gasteiger partial charge is 0.335 e. The molecule has 1 amide bonds. The molecule has 0 spiro atoms. The van der Waals surface area contributed by atoms with Gasteiger partial charge < -0.3 is 10.4 Å². The second kappa shape index (κ2) is 14.6. The lowest BCUT2D eigenvalue weighted by Gasteiger charge is -2.22. The average molecular weight is 517 g/mol.